The molecule has 0 amide bonds. The standard InChI is InChI=1S/C9H9N3O/c13-8(9-10-6-11-12-9)7-4-2-1-3-5-7/h1-6,8,13H,(H,10,11,12)/t8-/m0/s1. The largest absolute Gasteiger partial charge is 0.380 e. The minimum atomic E-state index is -0.719. The zero-order valence-corrected chi connectivity index (χ0v) is 6.88. The van der Waals surface area contributed by atoms with Gasteiger partial charge >= 0.3 is 0 Å². The van der Waals surface area contributed by atoms with E-state index < -0.39 is 6.10 Å². The molecule has 4 heteroatoms. The van der Waals surface area contributed by atoms with Crippen LogP contribution in [-0.2, 0) is 0 Å². The van der Waals surface area contributed by atoms with Crippen LogP contribution >= 0.6 is 0 Å². The number of aromatic nitrogens is 3. The number of hydrogen-bond donors (Lipinski definition) is 2. The number of benzene rings is 1. The molecule has 13 heavy (non-hydrogen) atoms. The Morgan fingerprint density at radius 3 is 2.62 bits per heavy atom. The Hall–Kier alpha value is -1.68. The van der Waals surface area contributed by atoms with Gasteiger partial charge in [0.2, 0.25) is 0 Å². The summed E-state index contributed by atoms with van der Waals surface area (Å²) in [5.41, 5.74) is 0.805. The smallest absolute Gasteiger partial charge is 0.157 e. The topological polar surface area (TPSA) is 61.8 Å². The van der Waals surface area contributed by atoms with Gasteiger partial charge in [0.25, 0.3) is 0 Å². The first-order valence-electron chi connectivity index (χ1n) is 3.96. The van der Waals surface area contributed by atoms with Crippen LogP contribution in [0.2, 0.25) is 0 Å². The van der Waals surface area contributed by atoms with Crippen molar-refractivity contribution in [2.45, 2.75) is 6.10 Å². The Bertz CT molecular complexity index is 358. The minimum Gasteiger partial charge on any atom is -0.380 e. The molecule has 2 aromatic rings. The molecule has 0 saturated carbocycles. The van der Waals surface area contributed by atoms with Gasteiger partial charge in [-0.3, -0.25) is 5.10 Å². The van der Waals surface area contributed by atoms with E-state index in [-0.39, 0.29) is 0 Å². The molecule has 0 radical (unpaired) electrons. The Labute approximate surface area is 75.3 Å². The zero-order chi connectivity index (χ0) is 9.10. The Morgan fingerprint density at radius 2 is 2.00 bits per heavy atom. The number of H-pyrrole nitrogens is 1. The number of nitrogens with one attached hydrogen (secondary N) is 1. The van der Waals surface area contributed by atoms with Crippen LogP contribution in [-0.4, -0.2) is 20.3 Å². The van der Waals surface area contributed by atoms with Crippen LogP contribution in [0.3, 0.4) is 0 Å². The molecule has 0 saturated heterocycles. The molecule has 0 fully saturated rings. The van der Waals surface area contributed by atoms with E-state index in [4.69, 9.17) is 0 Å². The van der Waals surface area contributed by atoms with Crippen molar-refractivity contribution in [1.82, 2.24) is 15.2 Å². The lowest BCUT2D eigenvalue weighted by molar-refractivity contribution is 0.210. The number of aromatic amines is 1. The second-order valence-electron chi connectivity index (χ2n) is 2.68. The molecular formula is C9H9N3O. The maximum absolute atomic E-state index is 9.75. The highest BCUT2D eigenvalue weighted by Gasteiger charge is 2.11. The van der Waals surface area contributed by atoms with E-state index >= 15 is 0 Å². The van der Waals surface area contributed by atoms with E-state index in [9.17, 15) is 5.11 Å². The van der Waals surface area contributed by atoms with Gasteiger partial charge in [0.15, 0.2) is 5.82 Å². The van der Waals surface area contributed by atoms with Crippen molar-refractivity contribution in [3.63, 3.8) is 0 Å². The van der Waals surface area contributed by atoms with Crippen LogP contribution in [0.5, 0.6) is 0 Å². The summed E-state index contributed by atoms with van der Waals surface area (Å²) in [6, 6.07) is 9.32. The first-order chi connectivity index (χ1) is 6.38. The summed E-state index contributed by atoms with van der Waals surface area (Å²) in [6.45, 7) is 0. The van der Waals surface area contributed by atoms with E-state index in [1.165, 1.54) is 6.33 Å². The van der Waals surface area contributed by atoms with Crippen molar-refractivity contribution in [2.75, 3.05) is 0 Å². The Kier molecular flexibility index (Phi) is 2.06. The summed E-state index contributed by atoms with van der Waals surface area (Å²) in [4.78, 5) is 3.88. The molecule has 0 bridgehead atoms. The average Bonchev–Trinajstić information content (AvgIpc) is 2.71. The van der Waals surface area contributed by atoms with E-state index in [1.54, 1.807) is 0 Å². The van der Waals surface area contributed by atoms with Crippen molar-refractivity contribution < 1.29 is 5.11 Å². The highest BCUT2D eigenvalue weighted by Crippen LogP contribution is 2.16. The highest BCUT2D eigenvalue weighted by molar-refractivity contribution is 5.21. The number of aliphatic hydroxyl groups is 1. The molecule has 0 aliphatic heterocycles. The summed E-state index contributed by atoms with van der Waals surface area (Å²) in [5, 5.41) is 16.0. The Morgan fingerprint density at radius 1 is 1.23 bits per heavy atom. The van der Waals surface area contributed by atoms with Gasteiger partial charge in [0.05, 0.1) is 0 Å². The van der Waals surface area contributed by atoms with Gasteiger partial charge in [-0.1, -0.05) is 30.3 Å². The summed E-state index contributed by atoms with van der Waals surface area (Å²) in [5.74, 6) is 0.464. The molecule has 0 spiro atoms. The first-order valence-corrected chi connectivity index (χ1v) is 3.96. The summed E-state index contributed by atoms with van der Waals surface area (Å²) < 4.78 is 0. The predicted octanol–water partition coefficient (Wildman–Crippen LogP) is 0.886. The van der Waals surface area contributed by atoms with Gasteiger partial charge < -0.3 is 5.11 Å². The molecule has 4 nitrogen and oxygen atoms in total. The third-order valence-electron chi connectivity index (χ3n) is 1.81. The number of nitrogens with zero attached hydrogens (tertiary/aromatic N) is 2. The van der Waals surface area contributed by atoms with Gasteiger partial charge in [-0.15, -0.1) is 0 Å². The van der Waals surface area contributed by atoms with Crippen LogP contribution in [0.1, 0.15) is 17.5 Å². The zero-order valence-electron chi connectivity index (χ0n) is 6.88. The molecule has 0 aliphatic rings. The average molecular weight is 175 g/mol. The lowest BCUT2D eigenvalue weighted by Crippen LogP contribution is -2.01. The van der Waals surface area contributed by atoms with Crippen molar-refractivity contribution in [3.8, 4) is 0 Å². The van der Waals surface area contributed by atoms with Gasteiger partial charge in [-0.25, -0.2) is 4.98 Å². The monoisotopic (exact) mass is 175 g/mol. The van der Waals surface area contributed by atoms with E-state index in [0.29, 0.717) is 5.82 Å². The summed E-state index contributed by atoms with van der Waals surface area (Å²) in [6.07, 6.45) is 0.658. The van der Waals surface area contributed by atoms with Crippen molar-refractivity contribution in [3.05, 3.63) is 48.0 Å². The van der Waals surface area contributed by atoms with E-state index in [0.717, 1.165) is 5.56 Å². The third-order valence-corrected chi connectivity index (χ3v) is 1.81. The van der Waals surface area contributed by atoms with E-state index in [2.05, 4.69) is 15.2 Å². The third kappa shape index (κ3) is 1.57. The minimum absolute atomic E-state index is 0.464. The fourth-order valence-electron chi connectivity index (χ4n) is 1.14. The predicted molar refractivity (Wildman–Crippen MR) is 46.9 cm³/mol. The Balaban J connectivity index is 2.29. The van der Waals surface area contributed by atoms with Crippen LogP contribution in [0, 0.1) is 0 Å². The van der Waals surface area contributed by atoms with Gasteiger partial charge in [-0.2, -0.15) is 5.10 Å². The van der Waals surface area contributed by atoms with Gasteiger partial charge in [-0.05, 0) is 5.56 Å². The second-order valence-corrected chi connectivity index (χ2v) is 2.68. The van der Waals surface area contributed by atoms with Crippen molar-refractivity contribution in [1.29, 1.82) is 0 Å². The molecule has 66 valence electrons. The van der Waals surface area contributed by atoms with Crippen LogP contribution < -0.4 is 0 Å². The molecule has 1 aromatic carbocycles. The molecule has 2 N–H and O–H groups in total. The molecule has 0 aliphatic carbocycles. The number of aliphatic hydroxyl groups excluding tert-OH is 1. The van der Waals surface area contributed by atoms with Gasteiger partial charge in [0.1, 0.15) is 12.4 Å². The fourth-order valence-corrected chi connectivity index (χ4v) is 1.14. The van der Waals surface area contributed by atoms with Crippen molar-refractivity contribution >= 4 is 0 Å². The lowest BCUT2D eigenvalue weighted by Gasteiger charge is -2.05. The number of hydrogen-bond acceptors (Lipinski definition) is 3. The summed E-state index contributed by atoms with van der Waals surface area (Å²) >= 11 is 0. The fraction of sp³-hybridized carbons (Fsp3) is 0.111. The van der Waals surface area contributed by atoms with E-state index in [1.807, 2.05) is 30.3 Å². The normalized spacial score (nSPS) is 12.7. The molecule has 2 rings (SSSR count). The molecule has 0 unspecified atom stereocenters. The first kappa shape index (κ1) is 7.94. The molecule has 1 heterocycles. The molecule has 1 aromatic heterocycles. The maximum Gasteiger partial charge on any atom is 0.157 e. The number of rotatable bonds is 2. The van der Waals surface area contributed by atoms with Gasteiger partial charge in [0, 0.05) is 0 Å². The highest BCUT2D eigenvalue weighted by atomic mass is 16.3. The summed E-state index contributed by atoms with van der Waals surface area (Å²) in [7, 11) is 0. The van der Waals surface area contributed by atoms with Crippen molar-refractivity contribution in [2.24, 2.45) is 0 Å². The quantitative estimate of drug-likeness (QED) is 0.712. The van der Waals surface area contributed by atoms with Crippen LogP contribution in [0.4, 0.5) is 0 Å². The molecule has 1 atom stereocenters. The van der Waals surface area contributed by atoms with Crippen LogP contribution in [0.15, 0.2) is 36.7 Å². The molecular weight excluding hydrogens is 166 g/mol. The SMILES string of the molecule is O[C@@H](c1ccccc1)c1ncn[nH]1. The second kappa shape index (κ2) is 3.37. The van der Waals surface area contributed by atoms with Crippen LogP contribution in [0.25, 0.3) is 0 Å². The maximum atomic E-state index is 9.75. The lowest BCUT2D eigenvalue weighted by atomic mass is 10.1.